The van der Waals surface area contributed by atoms with Crippen LogP contribution in [-0.2, 0) is 4.79 Å². The summed E-state index contributed by atoms with van der Waals surface area (Å²) in [7, 11) is 3.03. The molecule has 0 amide bonds. The number of nitrogens with zero attached hydrogens (tertiary/aromatic N) is 1. The second-order valence-corrected chi connectivity index (χ2v) is 7.62. The molecule has 0 saturated carbocycles. The van der Waals surface area contributed by atoms with Gasteiger partial charge in [-0.2, -0.15) is 5.26 Å². The van der Waals surface area contributed by atoms with E-state index in [1.807, 2.05) is 13.0 Å². The number of nitriles is 1. The van der Waals surface area contributed by atoms with Crippen molar-refractivity contribution in [1.29, 1.82) is 5.26 Å². The minimum atomic E-state index is -0.571. The number of allylic oxidation sites excluding steroid dienone is 1. The monoisotopic (exact) mass is 489 g/mol. The van der Waals surface area contributed by atoms with Crippen LogP contribution < -0.4 is 18.9 Å². The molecule has 178 valence electrons. The van der Waals surface area contributed by atoms with Crippen LogP contribution in [0.5, 0.6) is 23.0 Å². The van der Waals surface area contributed by atoms with Gasteiger partial charge in [0, 0.05) is 11.1 Å². The maximum atomic E-state index is 12.4. The average molecular weight is 490 g/mol. The molecular weight excluding hydrogens is 466 g/mol. The molecule has 0 aromatic heterocycles. The third-order valence-electron chi connectivity index (χ3n) is 4.88. The highest BCUT2D eigenvalue weighted by Gasteiger charge is 2.10. The van der Waals surface area contributed by atoms with Gasteiger partial charge in [0.05, 0.1) is 32.5 Å². The summed E-state index contributed by atoms with van der Waals surface area (Å²) in [6.45, 7) is 2.41. The Hall–Kier alpha value is -4.21. The fourth-order valence-electron chi connectivity index (χ4n) is 3.20. The number of rotatable bonds is 9. The molecule has 0 N–H and O–H groups in total. The maximum Gasteiger partial charge on any atom is 0.336 e. The highest BCUT2D eigenvalue weighted by Crippen LogP contribution is 2.31. The van der Waals surface area contributed by atoms with Crippen LogP contribution in [0, 0.1) is 11.3 Å². The van der Waals surface area contributed by atoms with Gasteiger partial charge in [0.25, 0.3) is 0 Å². The van der Waals surface area contributed by atoms with Crippen LogP contribution in [0.25, 0.3) is 17.7 Å². The largest absolute Gasteiger partial charge is 0.493 e. The molecule has 3 rings (SSSR count). The lowest BCUT2D eigenvalue weighted by molar-refractivity contribution is -0.129. The molecule has 6 nitrogen and oxygen atoms in total. The van der Waals surface area contributed by atoms with E-state index in [1.54, 1.807) is 73.9 Å². The van der Waals surface area contributed by atoms with Gasteiger partial charge in [-0.15, -0.1) is 0 Å². The summed E-state index contributed by atoms with van der Waals surface area (Å²) in [5, 5.41) is 10.2. The number of methoxy groups -OCH3 is 2. The summed E-state index contributed by atoms with van der Waals surface area (Å²) in [5.41, 5.74) is 2.66. The van der Waals surface area contributed by atoms with Gasteiger partial charge in [-0.3, -0.25) is 0 Å². The molecule has 3 aromatic rings. The highest BCUT2D eigenvalue weighted by molar-refractivity contribution is 6.30. The van der Waals surface area contributed by atoms with Gasteiger partial charge >= 0.3 is 5.97 Å². The van der Waals surface area contributed by atoms with Gasteiger partial charge in [0.2, 0.25) is 0 Å². The van der Waals surface area contributed by atoms with E-state index in [-0.39, 0.29) is 5.75 Å². The van der Waals surface area contributed by atoms with Crippen LogP contribution in [0.2, 0.25) is 5.02 Å². The number of hydrogen-bond acceptors (Lipinski definition) is 6. The summed E-state index contributed by atoms with van der Waals surface area (Å²) >= 11 is 5.93. The maximum absolute atomic E-state index is 12.4. The Kier molecular flexibility index (Phi) is 8.94. The lowest BCUT2D eigenvalue weighted by atomic mass is 10.0. The second kappa shape index (κ2) is 12.3. The van der Waals surface area contributed by atoms with Gasteiger partial charge in [0.15, 0.2) is 23.0 Å². The van der Waals surface area contributed by atoms with Crippen molar-refractivity contribution >= 4 is 35.3 Å². The summed E-state index contributed by atoms with van der Waals surface area (Å²) in [6.07, 6.45) is 4.66. The van der Waals surface area contributed by atoms with Crippen molar-refractivity contribution < 1.29 is 23.7 Å². The van der Waals surface area contributed by atoms with E-state index in [4.69, 9.17) is 30.5 Å². The van der Waals surface area contributed by atoms with Gasteiger partial charge in [-0.1, -0.05) is 35.9 Å². The number of hydrogen-bond donors (Lipinski definition) is 0. The van der Waals surface area contributed by atoms with Crippen LogP contribution in [0.4, 0.5) is 0 Å². The van der Waals surface area contributed by atoms with Crippen molar-refractivity contribution in [2.24, 2.45) is 0 Å². The van der Waals surface area contributed by atoms with Crippen LogP contribution >= 0.6 is 11.6 Å². The third kappa shape index (κ3) is 6.89. The number of ether oxygens (including phenoxy) is 4. The second-order valence-electron chi connectivity index (χ2n) is 7.18. The van der Waals surface area contributed by atoms with E-state index < -0.39 is 5.97 Å². The lowest BCUT2D eigenvalue weighted by Gasteiger charge is -2.10. The van der Waals surface area contributed by atoms with Crippen molar-refractivity contribution in [1.82, 2.24) is 0 Å². The van der Waals surface area contributed by atoms with Crippen molar-refractivity contribution in [3.05, 3.63) is 88.5 Å². The predicted octanol–water partition coefficient (Wildman–Crippen LogP) is 6.44. The van der Waals surface area contributed by atoms with E-state index in [0.29, 0.717) is 40.0 Å². The molecule has 0 radical (unpaired) electrons. The Labute approximate surface area is 209 Å². The van der Waals surface area contributed by atoms with Gasteiger partial charge in [-0.05, 0) is 72.2 Å². The van der Waals surface area contributed by atoms with E-state index in [0.717, 1.165) is 11.1 Å². The van der Waals surface area contributed by atoms with Gasteiger partial charge in [-0.25, -0.2) is 4.79 Å². The molecule has 0 spiro atoms. The predicted molar refractivity (Wildman–Crippen MR) is 137 cm³/mol. The van der Waals surface area contributed by atoms with Crippen LogP contribution in [0.3, 0.4) is 0 Å². The van der Waals surface area contributed by atoms with E-state index in [9.17, 15) is 10.1 Å². The Morgan fingerprint density at radius 1 is 0.914 bits per heavy atom. The molecule has 0 bridgehead atoms. The Morgan fingerprint density at radius 2 is 1.54 bits per heavy atom. The first-order chi connectivity index (χ1) is 17.0. The highest BCUT2D eigenvalue weighted by atomic mass is 35.5. The molecule has 0 aliphatic rings. The summed E-state index contributed by atoms with van der Waals surface area (Å²) < 4.78 is 21.7. The Bertz CT molecular complexity index is 1290. The minimum absolute atomic E-state index is 0.258. The lowest BCUT2D eigenvalue weighted by Crippen LogP contribution is -2.05. The van der Waals surface area contributed by atoms with Crippen molar-refractivity contribution in [2.45, 2.75) is 6.92 Å². The van der Waals surface area contributed by atoms with Gasteiger partial charge in [0.1, 0.15) is 0 Å². The van der Waals surface area contributed by atoms with Crippen LogP contribution in [0.15, 0.2) is 66.7 Å². The van der Waals surface area contributed by atoms with E-state index >= 15 is 0 Å². The first kappa shape index (κ1) is 25.4. The zero-order chi connectivity index (χ0) is 25.2. The molecule has 7 heteroatoms. The molecular formula is C28H24ClNO5. The zero-order valence-corrected chi connectivity index (χ0v) is 20.3. The summed E-state index contributed by atoms with van der Waals surface area (Å²) in [4.78, 5) is 12.4. The zero-order valence-electron chi connectivity index (χ0n) is 19.6. The number of benzene rings is 3. The average Bonchev–Trinajstić information content (AvgIpc) is 2.88. The number of carbonyl (C=O) groups excluding carboxylic acids is 1. The van der Waals surface area contributed by atoms with Crippen molar-refractivity contribution in [3.8, 4) is 29.1 Å². The summed E-state index contributed by atoms with van der Waals surface area (Å²) in [6, 6.07) is 19.6. The fraction of sp³-hybridized carbons (Fsp3) is 0.143. The normalized spacial score (nSPS) is 11.1. The minimum Gasteiger partial charge on any atom is -0.493 e. The van der Waals surface area contributed by atoms with E-state index in [1.165, 1.54) is 13.2 Å². The molecule has 0 atom stereocenters. The number of carbonyl (C=O) groups is 1. The molecule has 35 heavy (non-hydrogen) atoms. The van der Waals surface area contributed by atoms with Crippen LogP contribution in [0.1, 0.15) is 23.6 Å². The molecule has 3 aromatic carbocycles. The van der Waals surface area contributed by atoms with Crippen LogP contribution in [-0.4, -0.2) is 26.8 Å². The molecule has 0 aliphatic carbocycles. The molecule has 0 aliphatic heterocycles. The number of esters is 1. The van der Waals surface area contributed by atoms with Crippen molar-refractivity contribution in [2.75, 3.05) is 20.8 Å². The fourth-order valence-corrected chi connectivity index (χ4v) is 3.33. The molecule has 0 fully saturated rings. The number of halogens is 1. The molecule has 0 heterocycles. The Balaban J connectivity index is 1.75. The Morgan fingerprint density at radius 3 is 2.20 bits per heavy atom. The topological polar surface area (TPSA) is 77.8 Å². The van der Waals surface area contributed by atoms with E-state index in [2.05, 4.69) is 6.07 Å². The summed E-state index contributed by atoms with van der Waals surface area (Å²) in [5.74, 6) is 1.25. The first-order valence-electron chi connectivity index (χ1n) is 10.7. The molecule has 0 unspecified atom stereocenters. The smallest absolute Gasteiger partial charge is 0.336 e. The van der Waals surface area contributed by atoms with Gasteiger partial charge < -0.3 is 18.9 Å². The van der Waals surface area contributed by atoms with Crippen molar-refractivity contribution in [3.63, 3.8) is 0 Å². The molecule has 0 saturated heterocycles. The standard InChI is InChI=1S/C28H24ClNO5/c1-4-34-24-12-5-19(16-26(24)32-2)7-14-28(31)35-25-13-6-20(17-27(25)33-3)15-22(18-30)21-8-10-23(29)11-9-21/h5-17H,4H2,1-3H3/b14-7+,22-15+. The quantitative estimate of drug-likeness (QED) is 0.113. The SMILES string of the molecule is CCOc1ccc(/C=C/C(=O)Oc2ccc(/C=C(\C#N)c3ccc(Cl)cc3)cc2OC)cc1OC. The third-order valence-corrected chi connectivity index (χ3v) is 5.14. The first-order valence-corrected chi connectivity index (χ1v) is 11.1.